The van der Waals surface area contributed by atoms with E-state index in [9.17, 15) is 4.79 Å². The smallest absolute Gasteiger partial charge is 0.341 e. The first-order valence-electron chi connectivity index (χ1n) is 4.38. The second kappa shape index (κ2) is 3.61. The highest BCUT2D eigenvalue weighted by molar-refractivity contribution is 5.95. The molecule has 0 spiro atoms. The fourth-order valence-electron chi connectivity index (χ4n) is 1.40. The van der Waals surface area contributed by atoms with Crippen molar-refractivity contribution in [1.29, 1.82) is 0 Å². The van der Waals surface area contributed by atoms with Crippen molar-refractivity contribution in [2.24, 2.45) is 7.05 Å². The average molecular weight is 206 g/mol. The van der Waals surface area contributed by atoms with Gasteiger partial charge >= 0.3 is 5.97 Å². The van der Waals surface area contributed by atoms with E-state index in [1.807, 2.05) is 0 Å². The third-order valence-electron chi connectivity index (χ3n) is 2.10. The summed E-state index contributed by atoms with van der Waals surface area (Å²) in [6, 6.07) is 3.52. The van der Waals surface area contributed by atoms with Gasteiger partial charge in [0.1, 0.15) is 11.3 Å². The van der Waals surface area contributed by atoms with Crippen LogP contribution in [0.5, 0.6) is 0 Å². The minimum Gasteiger partial charge on any atom is -0.465 e. The Hall–Kier alpha value is -2.04. The second-order valence-corrected chi connectivity index (χ2v) is 3.00. The van der Waals surface area contributed by atoms with Crippen LogP contribution in [0.3, 0.4) is 0 Å². The summed E-state index contributed by atoms with van der Waals surface area (Å²) >= 11 is 0. The fraction of sp³-hybridized carbons (Fsp3) is 0.200. The molecule has 0 aliphatic rings. The van der Waals surface area contributed by atoms with E-state index in [0.717, 1.165) is 0 Å². The van der Waals surface area contributed by atoms with E-state index in [2.05, 4.69) is 9.84 Å². The number of hydrogen-bond donors (Lipinski definition) is 0. The molecule has 78 valence electrons. The highest BCUT2D eigenvalue weighted by Gasteiger charge is 2.19. The number of hydrogen-bond acceptors (Lipinski definition) is 4. The summed E-state index contributed by atoms with van der Waals surface area (Å²) in [5, 5.41) is 4.00. The van der Waals surface area contributed by atoms with E-state index in [1.54, 1.807) is 30.1 Å². The third-order valence-corrected chi connectivity index (χ3v) is 2.10. The minimum atomic E-state index is -0.422. The van der Waals surface area contributed by atoms with Crippen LogP contribution in [0.4, 0.5) is 0 Å². The van der Waals surface area contributed by atoms with Crippen LogP contribution in [-0.2, 0) is 11.8 Å². The molecule has 15 heavy (non-hydrogen) atoms. The number of carbonyl (C=O) groups is 1. The van der Waals surface area contributed by atoms with Gasteiger partial charge in [0.05, 0.1) is 19.6 Å². The fourth-order valence-corrected chi connectivity index (χ4v) is 1.40. The number of rotatable bonds is 2. The quantitative estimate of drug-likeness (QED) is 0.698. The zero-order chi connectivity index (χ0) is 10.8. The summed E-state index contributed by atoms with van der Waals surface area (Å²) in [6.07, 6.45) is 3.01. The topological polar surface area (TPSA) is 57.3 Å². The number of furan rings is 1. The van der Waals surface area contributed by atoms with E-state index in [-0.39, 0.29) is 0 Å². The lowest BCUT2D eigenvalue weighted by atomic mass is 10.2. The molecule has 0 aliphatic carbocycles. The molecule has 0 N–H and O–H groups in total. The summed E-state index contributed by atoms with van der Waals surface area (Å²) in [5.41, 5.74) is 1.02. The van der Waals surface area contributed by atoms with Gasteiger partial charge < -0.3 is 9.15 Å². The Bertz CT molecular complexity index is 471. The Morgan fingerprint density at radius 1 is 1.60 bits per heavy atom. The molecule has 0 saturated heterocycles. The van der Waals surface area contributed by atoms with E-state index >= 15 is 0 Å². The predicted octanol–water partition coefficient (Wildman–Crippen LogP) is 1.47. The first-order valence-corrected chi connectivity index (χ1v) is 4.38. The van der Waals surface area contributed by atoms with Gasteiger partial charge in [0.25, 0.3) is 0 Å². The maximum atomic E-state index is 11.4. The van der Waals surface area contributed by atoms with Crippen LogP contribution in [-0.4, -0.2) is 22.9 Å². The standard InChI is InChI=1S/C10H10N2O3/c1-12-9(8-4-3-5-15-8)7(6-11-12)10(13)14-2/h3-6H,1-2H3. The molecule has 0 aromatic carbocycles. The van der Waals surface area contributed by atoms with Gasteiger partial charge in [-0.2, -0.15) is 5.10 Å². The highest BCUT2D eigenvalue weighted by Crippen LogP contribution is 2.23. The number of aryl methyl sites for hydroxylation is 1. The number of methoxy groups -OCH3 is 1. The third kappa shape index (κ3) is 1.52. The van der Waals surface area contributed by atoms with E-state index in [4.69, 9.17) is 4.42 Å². The van der Waals surface area contributed by atoms with Crippen molar-refractivity contribution in [3.8, 4) is 11.5 Å². The molecule has 0 aliphatic heterocycles. The SMILES string of the molecule is COC(=O)c1cnn(C)c1-c1ccco1. The van der Waals surface area contributed by atoms with E-state index < -0.39 is 5.97 Å². The first kappa shape index (κ1) is 9.51. The monoisotopic (exact) mass is 206 g/mol. The van der Waals surface area contributed by atoms with Crippen LogP contribution in [0.2, 0.25) is 0 Å². The number of ether oxygens (including phenoxy) is 1. The van der Waals surface area contributed by atoms with Gasteiger partial charge in [0.2, 0.25) is 0 Å². The van der Waals surface area contributed by atoms with Crippen molar-refractivity contribution < 1.29 is 13.9 Å². The van der Waals surface area contributed by atoms with Crippen LogP contribution < -0.4 is 0 Å². The first-order chi connectivity index (χ1) is 7.24. The van der Waals surface area contributed by atoms with Crippen LogP contribution in [0, 0.1) is 0 Å². The Morgan fingerprint density at radius 3 is 3.00 bits per heavy atom. The van der Waals surface area contributed by atoms with Crippen LogP contribution in [0.15, 0.2) is 29.0 Å². The number of nitrogens with zero attached hydrogens (tertiary/aromatic N) is 2. The molecule has 2 heterocycles. The van der Waals surface area contributed by atoms with E-state index in [1.165, 1.54) is 13.3 Å². The van der Waals surface area contributed by atoms with Crippen molar-refractivity contribution in [1.82, 2.24) is 9.78 Å². The largest absolute Gasteiger partial charge is 0.465 e. The lowest BCUT2D eigenvalue weighted by molar-refractivity contribution is 0.0601. The lowest BCUT2D eigenvalue weighted by Gasteiger charge is -2.01. The van der Waals surface area contributed by atoms with Crippen molar-refractivity contribution in [2.75, 3.05) is 7.11 Å². The molecule has 2 aromatic rings. The molecule has 2 aromatic heterocycles. The molecule has 5 heteroatoms. The molecule has 0 unspecified atom stereocenters. The van der Waals surface area contributed by atoms with Crippen LogP contribution in [0.1, 0.15) is 10.4 Å². The van der Waals surface area contributed by atoms with Crippen molar-refractivity contribution >= 4 is 5.97 Å². The Morgan fingerprint density at radius 2 is 2.40 bits per heavy atom. The van der Waals surface area contributed by atoms with Crippen molar-refractivity contribution in [2.45, 2.75) is 0 Å². The summed E-state index contributed by atoms with van der Waals surface area (Å²) in [5.74, 6) is 0.171. The van der Waals surface area contributed by atoms with Gasteiger partial charge in [0.15, 0.2) is 5.76 Å². The molecule has 2 rings (SSSR count). The van der Waals surface area contributed by atoms with Gasteiger partial charge in [0, 0.05) is 7.05 Å². The number of aromatic nitrogens is 2. The summed E-state index contributed by atoms with van der Waals surface area (Å²) in [6.45, 7) is 0. The molecule has 5 nitrogen and oxygen atoms in total. The van der Waals surface area contributed by atoms with Crippen LogP contribution in [0.25, 0.3) is 11.5 Å². The van der Waals surface area contributed by atoms with Crippen molar-refractivity contribution in [3.63, 3.8) is 0 Å². The zero-order valence-corrected chi connectivity index (χ0v) is 8.43. The van der Waals surface area contributed by atoms with Gasteiger partial charge in [-0.1, -0.05) is 0 Å². The average Bonchev–Trinajstić information content (AvgIpc) is 2.85. The lowest BCUT2D eigenvalue weighted by Crippen LogP contribution is -2.03. The predicted molar refractivity (Wildman–Crippen MR) is 52.2 cm³/mol. The number of carbonyl (C=O) groups excluding carboxylic acids is 1. The molecular weight excluding hydrogens is 196 g/mol. The minimum absolute atomic E-state index is 0.398. The maximum Gasteiger partial charge on any atom is 0.341 e. The van der Waals surface area contributed by atoms with Gasteiger partial charge in [-0.15, -0.1) is 0 Å². The van der Waals surface area contributed by atoms with Gasteiger partial charge in [-0.05, 0) is 12.1 Å². The number of esters is 1. The van der Waals surface area contributed by atoms with Gasteiger partial charge in [-0.3, -0.25) is 4.68 Å². The Balaban J connectivity index is 2.55. The summed E-state index contributed by atoms with van der Waals surface area (Å²) in [4.78, 5) is 11.4. The zero-order valence-electron chi connectivity index (χ0n) is 8.43. The summed E-state index contributed by atoms with van der Waals surface area (Å²) < 4.78 is 11.5. The highest BCUT2D eigenvalue weighted by atomic mass is 16.5. The van der Waals surface area contributed by atoms with Crippen molar-refractivity contribution in [3.05, 3.63) is 30.2 Å². The van der Waals surface area contributed by atoms with E-state index in [0.29, 0.717) is 17.0 Å². The molecule has 0 amide bonds. The second-order valence-electron chi connectivity index (χ2n) is 3.00. The normalized spacial score (nSPS) is 10.3. The molecule has 0 saturated carbocycles. The summed E-state index contributed by atoms with van der Waals surface area (Å²) in [7, 11) is 3.07. The Labute approximate surface area is 86.3 Å². The maximum absolute atomic E-state index is 11.4. The molecule has 0 radical (unpaired) electrons. The molecule has 0 bridgehead atoms. The molecule has 0 fully saturated rings. The van der Waals surface area contributed by atoms with Crippen LogP contribution >= 0.6 is 0 Å². The Kier molecular flexibility index (Phi) is 2.29. The van der Waals surface area contributed by atoms with Gasteiger partial charge in [-0.25, -0.2) is 4.79 Å². The molecular formula is C10H10N2O3. The molecule has 0 atom stereocenters.